The van der Waals surface area contributed by atoms with Crippen LogP contribution in [0.3, 0.4) is 0 Å². The molecule has 33 heavy (non-hydrogen) atoms. The minimum Gasteiger partial charge on any atom is -0.369 e. The first kappa shape index (κ1) is 20.2. The van der Waals surface area contributed by atoms with Crippen LogP contribution in [0.4, 0.5) is 17.2 Å². The summed E-state index contributed by atoms with van der Waals surface area (Å²) in [4.78, 5) is 10.8. The molecule has 6 nitrogen and oxygen atoms in total. The SMILES string of the molecule is Cc1nc2ccc(Nc3cccc(N4CCN(C)CC4)c3)nn2c1-c1cc2ccccc2s1. The predicted molar refractivity (Wildman–Crippen MR) is 138 cm³/mol. The second-order valence-corrected chi connectivity index (χ2v) is 9.73. The molecule has 5 aromatic rings. The van der Waals surface area contributed by atoms with Gasteiger partial charge in [0.05, 0.1) is 10.6 Å². The molecule has 4 heterocycles. The van der Waals surface area contributed by atoms with Crippen molar-refractivity contribution in [2.24, 2.45) is 0 Å². The van der Waals surface area contributed by atoms with Gasteiger partial charge in [-0.2, -0.15) is 0 Å². The highest BCUT2D eigenvalue weighted by Crippen LogP contribution is 2.35. The van der Waals surface area contributed by atoms with Gasteiger partial charge < -0.3 is 15.1 Å². The van der Waals surface area contributed by atoms with Crippen LogP contribution in [0.5, 0.6) is 0 Å². The average Bonchev–Trinajstić information content (AvgIpc) is 3.39. The largest absolute Gasteiger partial charge is 0.369 e. The lowest BCUT2D eigenvalue weighted by Crippen LogP contribution is -2.44. The Balaban J connectivity index is 1.33. The summed E-state index contributed by atoms with van der Waals surface area (Å²) in [6, 6.07) is 23.3. The molecule has 6 rings (SSSR count). The fourth-order valence-electron chi connectivity index (χ4n) is 4.48. The molecular formula is C26H26N6S. The summed E-state index contributed by atoms with van der Waals surface area (Å²) in [6.07, 6.45) is 0. The molecule has 0 aliphatic carbocycles. The quantitative estimate of drug-likeness (QED) is 0.393. The monoisotopic (exact) mass is 454 g/mol. The van der Waals surface area contributed by atoms with E-state index in [2.05, 4.69) is 83.7 Å². The first-order valence-corrected chi connectivity index (χ1v) is 12.1. The number of benzene rings is 2. The Morgan fingerprint density at radius 1 is 0.909 bits per heavy atom. The van der Waals surface area contributed by atoms with Gasteiger partial charge in [0, 0.05) is 42.3 Å². The van der Waals surface area contributed by atoms with Crippen LogP contribution in [0.15, 0.2) is 66.7 Å². The summed E-state index contributed by atoms with van der Waals surface area (Å²) < 4.78 is 3.24. The average molecular weight is 455 g/mol. The van der Waals surface area contributed by atoms with Crippen LogP contribution in [0, 0.1) is 6.92 Å². The van der Waals surface area contributed by atoms with Gasteiger partial charge >= 0.3 is 0 Å². The van der Waals surface area contributed by atoms with Crippen LogP contribution >= 0.6 is 11.3 Å². The van der Waals surface area contributed by atoms with Crippen molar-refractivity contribution >= 4 is 44.3 Å². The number of hydrogen-bond donors (Lipinski definition) is 1. The van der Waals surface area contributed by atoms with E-state index >= 15 is 0 Å². The van der Waals surface area contributed by atoms with Gasteiger partial charge in [-0.15, -0.1) is 16.4 Å². The molecule has 7 heteroatoms. The Labute approximate surface area is 197 Å². The number of likely N-dealkylation sites (N-methyl/N-ethyl adjacent to an activating group) is 1. The van der Waals surface area contributed by atoms with Crippen LogP contribution in [0.25, 0.3) is 26.3 Å². The highest BCUT2D eigenvalue weighted by Gasteiger charge is 2.17. The molecule has 3 aromatic heterocycles. The predicted octanol–water partition coefficient (Wildman–Crippen LogP) is 5.41. The van der Waals surface area contributed by atoms with Crippen molar-refractivity contribution in [3.63, 3.8) is 0 Å². The Hall–Kier alpha value is -3.42. The van der Waals surface area contributed by atoms with Gasteiger partial charge in [-0.25, -0.2) is 9.50 Å². The summed E-state index contributed by atoms with van der Waals surface area (Å²) in [5, 5.41) is 9.68. The van der Waals surface area contributed by atoms with Crippen molar-refractivity contribution in [3.8, 4) is 10.6 Å². The molecule has 0 spiro atoms. The van der Waals surface area contributed by atoms with E-state index in [9.17, 15) is 0 Å². The summed E-state index contributed by atoms with van der Waals surface area (Å²) in [6.45, 7) is 6.35. The van der Waals surface area contributed by atoms with Crippen LogP contribution in [0.2, 0.25) is 0 Å². The molecule has 0 unspecified atom stereocenters. The van der Waals surface area contributed by atoms with Crippen molar-refractivity contribution < 1.29 is 0 Å². The van der Waals surface area contributed by atoms with Crippen LogP contribution in [-0.2, 0) is 0 Å². The molecule has 1 saturated heterocycles. The number of rotatable bonds is 4. The third-order valence-corrected chi connectivity index (χ3v) is 7.42. The van der Waals surface area contributed by atoms with Gasteiger partial charge in [0.25, 0.3) is 0 Å². The number of aromatic nitrogens is 3. The zero-order valence-electron chi connectivity index (χ0n) is 18.8. The highest BCUT2D eigenvalue weighted by atomic mass is 32.1. The Bertz CT molecular complexity index is 1410. The molecular weight excluding hydrogens is 428 g/mol. The summed E-state index contributed by atoms with van der Waals surface area (Å²) in [7, 11) is 2.18. The number of nitrogens with zero attached hydrogens (tertiary/aromatic N) is 5. The minimum atomic E-state index is 0.804. The Kier molecular flexibility index (Phi) is 5.00. The Morgan fingerprint density at radius 2 is 1.76 bits per heavy atom. The maximum atomic E-state index is 4.92. The van der Waals surface area contributed by atoms with E-state index in [4.69, 9.17) is 10.1 Å². The van der Waals surface area contributed by atoms with Gasteiger partial charge in [-0.3, -0.25) is 0 Å². The smallest absolute Gasteiger partial charge is 0.154 e. The van der Waals surface area contributed by atoms with Crippen molar-refractivity contribution in [1.29, 1.82) is 0 Å². The maximum absolute atomic E-state index is 4.92. The van der Waals surface area contributed by atoms with E-state index < -0.39 is 0 Å². The number of aryl methyl sites for hydroxylation is 1. The molecule has 0 atom stereocenters. The van der Waals surface area contributed by atoms with E-state index in [0.717, 1.165) is 54.7 Å². The standard InChI is InChI=1S/C26H26N6S/c1-18-26(23-16-19-6-3-4-9-22(19)33-23)32-25(27-18)11-10-24(29-32)28-20-7-5-8-21(17-20)31-14-12-30(2)13-15-31/h3-11,16-17H,12-15H2,1-2H3,(H,28,29). The fourth-order valence-corrected chi connectivity index (χ4v) is 5.63. The van der Waals surface area contributed by atoms with E-state index in [1.807, 2.05) is 16.6 Å². The minimum absolute atomic E-state index is 0.804. The van der Waals surface area contributed by atoms with Gasteiger partial charge in [-0.05, 0) is 61.8 Å². The summed E-state index contributed by atoms with van der Waals surface area (Å²) in [5.74, 6) is 0.804. The molecule has 0 saturated carbocycles. The topological polar surface area (TPSA) is 48.7 Å². The van der Waals surface area contributed by atoms with Crippen LogP contribution in [0.1, 0.15) is 5.69 Å². The molecule has 0 amide bonds. The van der Waals surface area contributed by atoms with Gasteiger partial charge in [0.15, 0.2) is 11.5 Å². The third kappa shape index (κ3) is 3.83. The number of nitrogens with one attached hydrogen (secondary N) is 1. The highest BCUT2D eigenvalue weighted by molar-refractivity contribution is 7.22. The van der Waals surface area contributed by atoms with Crippen molar-refractivity contribution in [2.45, 2.75) is 6.92 Å². The maximum Gasteiger partial charge on any atom is 0.154 e. The molecule has 1 aliphatic heterocycles. The lowest BCUT2D eigenvalue weighted by atomic mass is 10.2. The first-order chi connectivity index (χ1) is 16.1. The third-order valence-electron chi connectivity index (χ3n) is 6.30. The van der Waals surface area contributed by atoms with E-state index in [1.165, 1.54) is 20.7 Å². The second-order valence-electron chi connectivity index (χ2n) is 8.65. The molecule has 166 valence electrons. The van der Waals surface area contributed by atoms with Crippen LogP contribution < -0.4 is 10.2 Å². The number of imidazole rings is 1. The summed E-state index contributed by atoms with van der Waals surface area (Å²) >= 11 is 1.78. The lowest BCUT2D eigenvalue weighted by molar-refractivity contribution is 0.313. The number of anilines is 3. The van der Waals surface area contributed by atoms with E-state index in [1.54, 1.807) is 11.3 Å². The molecule has 1 N–H and O–H groups in total. The summed E-state index contributed by atoms with van der Waals surface area (Å²) in [5.41, 5.74) is 5.19. The molecule has 1 fully saturated rings. The molecule has 1 aliphatic rings. The van der Waals surface area contributed by atoms with Crippen molar-refractivity contribution in [3.05, 3.63) is 72.4 Å². The van der Waals surface area contributed by atoms with Crippen molar-refractivity contribution in [2.75, 3.05) is 43.4 Å². The zero-order valence-corrected chi connectivity index (χ0v) is 19.6. The number of hydrogen-bond acceptors (Lipinski definition) is 6. The van der Waals surface area contributed by atoms with Crippen LogP contribution in [-0.4, -0.2) is 52.7 Å². The molecule has 0 radical (unpaired) electrons. The zero-order chi connectivity index (χ0) is 22.4. The number of fused-ring (bicyclic) bond motifs is 2. The molecule has 0 bridgehead atoms. The van der Waals surface area contributed by atoms with Gasteiger partial charge in [0.2, 0.25) is 0 Å². The lowest BCUT2D eigenvalue weighted by Gasteiger charge is -2.34. The van der Waals surface area contributed by atoms with Gasteiger partial charge in [0.1, 0.15) is 5.69 Å². The van der Waals surface area contributed by atoms with E-state index in [0.29, 0.717) is 0 Å². The first-order valence-electron chi connectivity index (χ1n) is 11.3. The number of thiophene rings is 1. The van der Waals surface area contributed by atoms with Gasteiger partial charge in [-0.1, -0.05) is 24.3 Å². The number of piperazine rings is 1. The Morgan fingerprint density at radius 3 is 2.61 bits per heavy atom. The van der Waals surface area contributed by atoms with E-state index in [-0.39, 0.29) is 0 Å². The fraction of sp³-hybridized carbons (Fsp3) is 0.231. The second kappa shape index (κ2) is 8.17. The van der Waals surface area contributed by atoms with Crippen molar-refractivity contribution in [1.82, 2.24) is 19.5 Å². The normalized spacial score (nSPS) is 14.9. The molecule has 2 aromatic carbocycles.